The summed E-state index contributed by atoms with van der Waals surface area (Å²) in [4.78, 5) is 5.23. The summed E-state index contributed by atoms with van der Waals surface area (Å²) in [5.74, 6) is 0.762. The molecule has 0 radical (unpaired) electrons. The smallest absolute Gasteiger partial charge is 0.0565 e. The van der Waals surface area contributed by atoms with Gasteiger partial charge in [-0.2, -0.15) is 0 Å². The number of rotatable bonds is 4. The third-order valence-electron chi connectivity index (χ3n) is 4.68. The van der Waals surface area contributed by atoms with Crippen LogP contribution in [0, 0.1) is 5.92 Å². The average Bonchev–Trinajstić information content (AvgIpc) is 2.38. The fraction of sp³-hybridized carbons (Fsp3) is 1.00. The Labute approximate surface area is 118 Å². The second-order valence-electron chi connectivity index (χ2n) is 6.75. The summed E-state index contributed by atoms with van der Waals surface area (Å²) >= 11 is 0. The molecule has 0 amide bonds. The van der Waals surface area contributed by atoms with Crippen molar-refractivity contribution >= 4 is 0 Å². The molecular weight excluding hydrogens is 238 g/mol. The molecule has 2 fully saturated rings. The Bertz CT molecular complexity index is 277. The highest BCUT2D eigenvalue weighted by atomic mass is 16.5. The zero-order valence-corrected chi connectivity index (χ0v) is 12.9. The van der Waals surface area contributed by atoms with E-state index in [1.807, 2.05) is 0 Å². The van der Waals surface area contributed by atoms with Crippen molar-refractivity contribution in [1.82, 2.24) is 9.80 Å². The fourth-order valence-electron chi connectivity index (χ4n) is 3.67. The van der Waals surface area contributed by atoms with Crippen LogP contribution < -0.4 is 5.73 Å². The van der Waals surface area contributed by atoms with Crippen LogP contribution in [0.2, 0.25) is 0 Å². The van der Waals surface area contributed by atoms with E-state index in [2.05, 4.69) is 30.6 Å². The second kappa shape index (κ2) is 6.53. The van der Waals surface area contributed by atoms with Crippen molar-refractivity contribution in [1.29, 1.82) is 0 Å². The maximum absolute atomic E-state index is 6.14. The van der Waals surface area contributed by atoms with Crippen molar-refractivity contribution < 1.29 is 4.74 Å². The minimum Gasteiger partial charge on any atom is -0.378 e. The molecule has 2 aliphatic heterocycles. The third-order valence-corrected chi connectivity index (χ3v) is 4.68. The SMILES string of the molecule is CC(C)CN1CCN(C2(CN)CCOC(C)C2)CC1. The van der Waals surface area contributed by atoms with E-state index < -0.39 is 0 Å². The average molecular weight is 269 g/mol. The zero-order valence-electron chi connectivity index (χ0n) is 12.9. The summed E-state index contributed by atoms with van der Waals surface area (Å²) in [6.07, 6.45) is 2.54. The zero-order chi connectivity index (χ0) is 13.9. The Balaban J connectivity index is 1.91. The van der Waals surface area contributed by atoms with Crippen LogP contribution in [0.3, 0.4) is 0 Å². The van der Waals surface area contributed by atoms with E-state index >= 15 is 0 Å². The van der Waals surface area contributed by atoms with E-state index in [0.29, 0.717) is 6.10 Å². The van der Waals surface area contributed by atoms with Crippen molar-refractivity contribution in [2.24, 2.45) is 11.7 Å². The van der Waals surface area contributed by atoms with E-state index in [1.54, 1.807) is 0 Å². The summed E-state index contributed by atoms with van der Waals surface area (Å²) in [5.41, 5.74) is 6.33. The number of hydrogen-bond donors (Lipinski definition) is 1. The molecule has 2 N–H and O–H groups in total. The quantitative estimate of drug-likeness (QED) is 0.831. The first kappa shape index (κ1) is 15.2. The van der Waals surface area contributed by atoms with Crippen LogP contribution in [-0.4, -0.2) is 67.3 Å². The molecular formula is C15H31N3O. The normalized spacial score (nSPS) is 34.9. The third kappa shape index (κ3) is 3.69. The molecule has 0 aromatic rings. The molecule has 0 aliphatic carbocycles. The van der Waals surface area contributed by atoms with Crippen molar-refractivity contribution in [3.63, 3.8) is 0 Å². The number of nitrogens with two attached hydrogens (primary N) is 1. The van der Waals surface area contributed by atoms with Crippen LogP contribution in [-0.2, 0) is 4.74 Å². The molecule has 0 bridgehead atoms. The van der Waals surface area contributed by atoms with Crippen LogP contribution >= 0.6 is 0 Å². The van der Waals surface area contributed by atoms with Crippen LogP contribution in [0.1, 0.15) is 33.6 Å². The molecule has 0 saturated carbocycles. The molecule has 0 aromatic heterocycles. The minimum atomic E-state index is 0.196. The van der Waals surface area contributed by atoms with Gasteiger partial charge >= 0.3 is 0 Å². The Hall–Kier alpha value is -0.160. The van der Waals surface area contributed by atoms with Gasteiger partial charge < -0.3 is 15.4 Å². The Kier molecular flexibility index (Phi) is 5.23. The molecule has 19 heavy (non-hydrogen) atoms. The Morgan fingerprint density at radius 1 is 1.26 bits per heavy atom. The van der Waals surface area contributed by atoms with Gasteiger partial charge in [0.15, 0.2) is 0 Å². The molecule has 2 heterocycles. The number of nitrogens with zero attached hydrogens (tertiary/aromatic N) is 2. The highest BCUT2D eigenvalue weighted by molar-refractivity contribution is 4.97. The first-order valence-corrected chi connectivity index (χ1v) is 7.85. The number of piperazine rings is 1. The van der Waals surface area contributed by atoms with E-state index in [-0.39, 0.29) is 5.54 Å². The van der Waals surface area contributed by atoms with Crippen molar-refractivity contribution in [2.75, 3.05) is 45.9 Å². The van der Waals surface area contributed by atoms with Crippen LogP contribution in [0.5, 0.6) is 0 Å². The van der Waals surface area contributed by atoms with Gasteiger partial charge in [0.2, 0.25) is 0 Å². The van der Waals surface area contributed by atoms with Crippen molar-refractivity contribution in [3.05, 3.63) is 0 Å². The predicted octanol–water partition coefficient (Wildman–Crippen LogP) is 1.16. The Morgan fingerprint density at radius 2 is 1.95 bits per heavy atom. The lowest BCUT2D eigenvalue weighted by Crippen LogP contribution is -2.63. The van der Waals surface area contributed by atoms with Gasteiger partial charge in [-0.25, -0.2) is 0 Å². The summed E-state index contributed by atoms with van der Waals surface area (Å²) in [5, 5.41) is 0. The van der Waals surface area contributed by atoms with E-state index in [0.717, 1.165) is 45.0 Å². The molecule has 0 aromatic carbocycles. The largest absolute Gasteiger partial charge is 0.378 e. The number of hydrogen-bond acceptors (Lipinski definition) is 4. The lowest BCUT2D eigenvalue weighted by Gasteiger charge is -2.50. The van der Waals surface area contributed by atoms with Gasteiger partial charge in [-0.15, -0.1) is 0 Å². The van der Waals surface area contributed by atoms with E-state index in [9.17, 15) is 0 Å². The Morgan fingerprint density at radius 3 is 2.47 bits per heavy atom. The van der Waals surface area contributed by atoms with Gasteiger partial charge in [-0.05, 0) is 25.7 Å². The van der Waals surface area contributed by atoms with Crippen molar-refractivity contribution in [3.8, 4) is 0 Å². The summed E-state index contributed by atoms with van der Waals surface area (Å²) in [6.45, 7) is 14.3. The minimum absolute atomic E-state index is 0.196. The lowest BCUT2D eigenvalue weighted by atomic mass is 9.84. The second-order valence-corrected chi connectivity index (χ2v) is 6.75. The molecule has 4 nitrogen and oxygen atoms in total. The molecule has 4 heteroatoms. The molecule has 112 valence electrons. The molecule has 2 saturated heterocycles. The maximum atomic E-state index is 6.14. The van der Waals surface area contributed by atoms with Gasteiger partial charge in [0.1, 0.15) is 0 Å². The van der Waals surface area contributed by atoms with Gasteiger partial charge in [0.25, 0.3) is 0 Å². The summed E-state index contributed by atoms with van der Waals surface area (Å²) in [7, 11) is 0. The first-order valence-electron chi connectivity index (χ1n) is 7.85. The van der Waals surface area contributed by atoms with Gasteiger partial charge in [0, 0.05) is 51.4 Å². The predicted molar refractivity (Wildman–Crippen MR) is 79.3 cm³/mol. The number of ether oxygens (including phenoxy) is 1. The maximum Gasteiger partial charge on any atom is 0.0565 e. The van der Waals surface area contributed by atoms with E-state index in [1.165, 1.54) is 19.6 Å². The molecule has 2 aliphatic rings. The van der Waals surface area contributed by atoms with E-state index in [4.69, 9.17) is 10.5 Å². The van der Waals surface area contributed by atoms with Crippen molar-refractivity contribution in [2.45, 2.75) is 45.3 Å². The fourth-order valence-corrected chi connectivity index (χ4v) is 3.67. The monoisotopic (exact) mass is 269 g/mol. The highest BCUT2D eigenvalue weighted by Gasteiger charge is 2.40. The molecule has 0 spiro atoms. The molecule has 2 unspecified atom stereocenters. The summed E-state index contributed by atoms with van der Waals surface area (Å²) < 4.78 is 5.71. The summed E-state index contributed by atoms with van der Waals surface area (Å²) in [6, 6.07) is 0. The van der Waals surface area contributed by atoms with Gasteiger partial charge in [-0.1, -0.05) is 13.8 Å². The van der Waals surface area contributed by atoms with Crippen LogP contribution in [0.4, 0.5) is 0 Å². The standard InChI is InChI=1S/C15H31N3O/c1-13(2)11-17-5-7-18(8-6-17)15(12-16)4-9-19-14(3)10-15/h13-14H,4-12,16H2,1-3H3. The van der Waals surface area contributed by atoms with Crippen LogP contribution in [0.25, 0.3) is 0 Å². The topological polar surface area (TPSA) is 41.7 Å². The van der Waals surface area contributed by atoms with Gasteiger partial charge in [-0.3, -0.25) is 4.90 Å². The van der Waals surface area contributed by atoms with Gasteiger partial charge in [0.05, 0.1) is 6.10 Å². The molecule has 2 atom stereocenters. The molecule has 2 rings (SSSR count). The lowest BCUT2D eigenvalue weighted by molar-refractivity contribution is -0.0758. The first-order chi connectivity index (χ1) is 9.05. The van der Waals surface area contributed by atoms with Crippen LogP contribution in [0.15, 0.2) is 0 Å². The highest BCUT2D eigenvalue weighted by Crippen LogP contribution is 2.31.